The molecule has 1 aromatic rings. The molecule has 0 radical (unpaired) electrons. The molecule has 0 unspecified atom stereocenters. The second kappa shape index (κ2) is 9.75. The molecular weight excluding hydrogens is 245 g/mol. The molecule has 4 heteroatoms. The maximum Gasteiger partial charge on any atom is 0.126 e. The summed E-state index contributed by atoms with van der Waals surface area (Å²) < 4.78 is 23.8. The second-order valence-electron chi connectivity index (χ2n) is 4.41. The fraction of sp³-hybridized carbons (Fsp3) is 0.600. The van der Waals surface area contributed by atoms with Gasteiger partial charge in [-0.15, -0.1) is 0 Å². The van der Waals surface area contributed by atoms with Gasteiger partial charge in [0.05, 0.1) is 0 Å². The van der Waals surface area contributed by atoms with Gasteiger partial charge in [-0.25, -0.2) is 4.39 Å². The van der Waals surface area contributed by atoms with Crippen LogP contribution in [0.25, 0.3) is 0 Å². The maximum absolute atomic E-state index is 13.0. The van der Waals surface area contributed by atoms with E-state index >= 15 is 0 Å². The molecule has 0 aliphatic rings. The van der Waals surface area contributed by atoms with Crippen LogP contribution in [0.3, 0.4) is 0 Å². The SMILES string of the molecule is CCOCCCCNCCOc1ccc(F)c(C)c1. The maximum atomic E-state index is 13.0. The van der Waals surface area contributed by atoms with Crippen LogP contribution in [0.2, 0.25) is 0 Å². The van der Waals surface area contributed by atoms with Gasteiger partial charge in [-0.05, 0) is 57.0 Å². The third-order valence-corrected chi connectivity index (χ3v) is 2.77. The van der Waals surface area contributed by atoms with E-state index in [2.05, 4.69) is 5.32 Å². The summed E-state index contributed by atoms with van der Waals surface area (Å²) in [6.45, 7) is 7.73. The first kappa shape index (κ1) is 15.9. The molecule has 0 amide bonds. The lowest BCUT2D eigenvalue weighted by Crippen LogP contribution is -2.22. The zero-order valence-corrected chi connectivity index (χ0v) is 11.9. The Morgan fingerprint density at radius 1 is 1.16 bits per heavy atom. The van der Waals surface area contributed by atoms with Crippen LogP contribution in [0.1, 0.15) is 25.3 Å². The number of unbranched alkanes of at least 4 members (excludes halogenated alkanes) is 1. The fourth-order valence-electron chi connectivity index (χ4n) is 1.67. The van der Waals surface area contributed by atoms with Gasteiger partial charge in [0.1, 0.15) is 18.2 Å². The smallest absolute Gasteiger partial charge is 0.126 e. The van der Waals surface area contributed by atoms with E-state index in [-0.39, 0.29) is 5.82 Å². The Hall–Kier alpha value is -1.13. The number of benzene rings is 1. The van der Waals surface area contributed by atoms with Crippen molar-refractivity contribution in [1.82, 2.24) is 5.32 Å². The Kier molecular flexibility index (Phi) is 8.18. The lowest BCUT2D eigenvalue weighted by atomic mass is 10.2. The Bertz CT molecular complexity index is 358. The van der Waals surface area contributed by atoms with E-state index < -0.39 is 0 Å². The fourth-order valence-corrected chi connectivity index (χ4v) is 1.67. The van der Waals surface area contributed by atoms with Crippen molar-refractivity contribution in [2.24, 2.45) is 0 Å². The van der Waals surface area contributed by atoms with Crippen molar-refractivity contribution in [3.63, 3.8) is 0 Å². The molecular formula is C15H24FNO2. The van der Waals surface area contributed by atoms with Crippen molar-refractivity contribution in [1.29, 1.82) is 0 Å². The van der Waals surface area contributed by atoms with Gasteiger partial charge < -0.3 is 14.8 Å². The molecule has 0 saturated heterocycles. The molecule has 1 aromatic carbocycles. The highest BCUT2D eigenvalue weighted by molar-refractivity contribution is 5.28. The van der Waals surface area contributed by atoms with Crippen LogP contribution in [0, 0.1) is 12.7 Å². The minimum absolute atomic E-state index is 0.195. The van der Waals surface area contributed by atoms with Crippen molar-refractivity contribution >= 4 is 0 Å². The van der Waals surface area contributed by atoms with E-state index in [1.165, 1.54) is 6.07 Å². The highest BCUT2D eigenvalue weighted by Crippen LogP contribution is 2.15. The molecule has 0 fully saturated rings. The third-order valence-electron chi connectivity index (χ3n) is 2.77. The zero-order valence-electron chi connectivity index (χ0n) is 11.9. The molecule has 108 valence electrons. The Balaban J connectivity index is 2.00. The van der Waals surface area contributed by atoms with E-state index in [0.29, 0.717) is 12.2 Å². The predicted octanol–water partition coefficient (Wildman–Crippen LogP) is 2.92. The first-order valence-electron chi connectivity index (χ1n) is 6.91. The quantitative estimate of drug-likeness (QED) is 0.662. The lowest BCUT2D eigenvalue weighted by Gasteiger charge is -2.08. The number of ether oxygens (including phenoxy) is 2. The van der Waals surface area contributed by atoms with Crippen LogP contribution < -0.4 is 10.1 Å². The standard InChI is InChI=1S/C15H24FNO2/c1-3-18-10-5-4-8-17-9-11-19-14-6-7-15(16)13(2)12-14/h6-7,12,17H,3-5,8-11H2,1-2H3. The van der Waals surface area contributed by atoms with Gasteiger partial charge >= 0.3 is 0 Å². The summed E-state index contributed by atoms with van der Waals surface area (Å²) in [5.74, 6) is 0.525. The van der Waals surface area contributed by atoms with Gasteiger partial charge in [0.15, 0.2) is 0 Å². The van der Waals surface area contributed by atoms with Crippen LogP contribution in [0.15, 0.2) is 18.2 Å². The number of halogens is 1. The number of rotatable bonds is 10. The molecule has 0 heterocycles. The van der Waals surface area contributed by atoms with E-state index in [4.69, 9.17) is 9.47 Å². The molecule has 3 nitrogen and oxygen atoms in total. The van der Waals surface area contributed by atoms with Crippen molar-refractivity contribution in [2.75, 3.05) is 32.9 Å². The van der Waals surface area contributed by atoms with Crippen molar-refractivity contribution in [3.8, 4) is 5.75 Å². The monoisotopic (exact) mass is 269 g/mol. The molecule has 0 saturated carbocycles. The van der Waals surface area contributed by atoms with Crippen LogP contribution in [0.5, 0.6) is 5.75 Å². The first-order valence-corrected chi connectivity index (χ1v) is 6.91. The molecule has 0 aliphatic carbocycles. The van der Waals surface area contributed by atoms with Gasteiger partial charge in [0.2, 0.25) is 0 Å². The van der Waals surface area contributed by atoms with E-state index in [1.807, 2.05) is 6.92 Å². The van der Waals surface area contributed by atoms with E-state index in [9.17, 15) is 4.39 Å². The Labute approximate surface area is 115 Å². The van der Waals surface area contributed by atoms with Crippen LogP contribution in [-0.2, 0) is 4.74 Å². The van der Waals surface area contributed by atoms with Crippen molar-refractivity contribution in [2.45, 2.75) is 26.7 Å². The van der Waals surface area contributed by atoms with Crippen LogP contribution >= 0.6 is 0 Å². The normalized spacial score (nSPS) is 10.7. The molecule has 0 spiro atoms. The summed E-state index contributed by atoms with van der Waals surface area (Å²) in [5, 5.41) is 3.30. The van der Waals surface area contributed by atoms with Gasteiger partial charge in [-0.1, -0.05) is 0 Å². The molecule has 0 aliphatic heterocycles. The van der Waals surface area contributed by atoms with Gasteiger partial charge in [-0.2, -0.15) is 0 Å². The molecule has 0 atom stereocenters. The summed E-state index contributed by atoms with van der Waals surface area (Å²) in [5.41, 5.74) is 0.612. The minimum Gasteiger partial charge on any atom is -0.492 e. The molecule has 0 bridgehead atoms. The third kappa shape index (κ3) is 7.13. The Morgan fingerprint density at radius 3 is 2.74 bits per heavy atom. The van der Waals surface area contributed by atoms with E-state index in [0.717, 1.165) is 44.9 Å². The average molecular weight is 269 g/mol. The van der Waals surface area contributed by atoms with Gasteiger partial charge in [0, 0.05) is 19.8 Å². The number of nitrogens with one attached hydrogen (secondary N) is 1. The summed E-state index contributed by atoms with van der Waals surface area (Å²) >= 11 is 0. The molecule has 1 rings (SSSR count). The highest BCUT2D eigenvalue weighted by atomic mass is 19.1. The Morgan fingerprint density at radius 2 is 2.00 bits per heavy atom. The van der Waals surface area contributed by atoms with Crippen molar-refractivity contribution < 1.29 is 13.9 Å². The highest BCUT2D eigenvalue weighted by Gasteiger charge is 1.99. The first-order chi connectivity index (χ1) is 9.24. The molecule has 0 aromatic heterocycles. The topological polar surface area (TPSA) is 30.5 Å². The molecule has 1 N–H and O–H groups in total. The van der Waals surface area contributed by atoms with Crippen LogP contribution in [-0.4, -0.2) is 32.9 Å². The average Bonchev–Trinajstić information content (AvgIpc) is 2.41. The number of hydrogen-bond donors (Lipinski definition) is 1. The largest absolute Gasteiger partial charge is 0.492 e. The summed E-state index contributed by atoms with van der Waals surface area (Å²) in [7, 11) is 0. The summed E-state index contributed by atoms with van der Waals surface area (Å²) in [4.78, 5) is 0. The minimum atomic E-state index is -0.195. The number of hydrogen-bond acceptors (Lipinski definition) is 3. The summed E-state index contributed by atoms with van der Waals surface area (Å²) in [6, 6.07) is 4.81. The van der Waals surface area contributed by atoms with Crippen molar-refractivity contribution in [3.05, 3.63) is 29.6 Å². The number of aryl methyl sites for hydroxylation is 1. The van der Waals surface area contributed by atoms with Gasteiger partial charge in [0.25, 0.3) is 0 Å². The lowest BCUT2D eigenvalue weighted by molar-refractivity contribution is 0.143. The second-order valence-corrected chi connectivity index (χ2v) is 4.41. The van der Waals surface area contributed by atoms with Crippen LogP contribution in [0.4, 0.5) is 4.39 Å². The predicted molar refractivity (Wildman–Crippen MR) is 75.2 cm³/mol. The van der Waals surface area contributed by atoms with E-state index in [1.54, 1.807) is 19.1 Å². The zero-order chi connectivity index (χ0) is 13.9. The summed E-state index contributed by atoms with van der Waals surface area (Å²) in [6.07, 6.45) is 2.19. The molecule has 19 heavy (non-hydrogen) atoms. The van der Waals surface area contributed by atoms with Gasteiger partial charge in [-0.3, -0.25) is 0 Å².